The molecule has 19 heavy (non-hydrogen) atoms. The van der Waals surface area contributed by atoms with Crippen LogP contribution in [0.5, 0.6) is 5.75 Å². The molecule has 4 N–H and O–H groups in total. The molecule has 0 atom stereocenters. The van der Waals surface area contributed by atoms with Crippen LogP contribution in [-0.2, 0) is 18.8 Å². The van der Waals surface area contributed by atoms with Gasteiger partial charge in [-0.1, -0.05) is 12.1 Å². The second-order valence-electron chi connectivity index (χ2n) is 3.33. The number of phenolic OH excluding ortho intramolecular Hbond substituents is 1. The molecule has 0 bridgehead atoms. The molecule has 0 fully saturated rings. The molecule has 103 valence electrons. The quantitative estimate of drug-likeness (QED) is 0.444. The molecule has 0 radical (unpaired) electrons. The minimum absolute atomic E-state index is 0.0980. The van der Waals surface area contributed by atoms with Crippen LogP contribution in [0.3, 0.4) is 0 Å². The molecule has 0 saturated heterocycles. The van der Waals surface area contributed by atoms with Crippen molar-refractivity contribution in [3.63, 3.8) is 0 Å². The number of hydrogen-bond acceptors (Lipinski definition) is 3. The van der Waals surface area contributed by atoms with Gasteiger partial charge >= 0.3 is 39.4 Å². The van der Waals surface area contributed by atoms with Gasteiger partial charge in [0.05, 0.1) is 11.8 Å². The van der Waals surface area contributed by atoms with Gasteiger partial charge in [-0.3, -0.25) is 9.78 Å². The molecule has 0 amide bonds. The van der Waals surface area contributed by atoms with Gasteiger partial charge in [-0.2, -0.15) is 0 Å². The van der Waals surface area contributed by atoms with Crippen LogP contribution >= 0.6 is 9.42 Å². The van der Waals surface area contributed by atoms with Gasteiger partial charge in [0, 0.05) is 0 Å². The molecule has 0 aliphatic rings. The standard InChI is InChI=1S/C11H9N3O3.ClH.Pt/c15-9-4-2-1-3-7(9)5-12-8-6-13-11(17)14-10(8)16;;/h1-6,15H,(H2,13,14,16,17);1H;/q;;+1. The van der Waals surface area contributed by atoms with Crippen molar-refractivity contribution in [3.05, 3.63) is 56.9 Å². The van der Waals surface area contributed by atoms with Crippen molar-refractivity contribution in [2.75, 3.05) is 0 Å². The summed E-state index contributed by atoms with van der Waals surface area (Å²) in [5.41, 5.74) is -0.366. The van der Waals surface area contributed by atoms with Crippen LogP contribution in [0.25, 0.3) is 0 Å². The number of aromatic amines is 2. The van der Waals surface area contributed by atoms with Crippen molar-refractivity contribution in [2.45, 2.75) is 0 Å². The van der Waals surface area contributed by atoms with Crippen LogP contribution in [0.2, 0.25) is 0 Å². The second-order valence-corrected chi connectivity index (χ2v) is 3.33. The molecule has 0 spiro atoms. The fraction of sp³-hybridized carbons (Fsp3) is 0. The summed E-state index contributed by atoms with van der Waals surface area (Å²) >= 11 is 1.61. The molecule has 2 aromatic rings. The number of rotatable bonds is 2. The third-order valence-corrected chi connectivity index (χ3v) is 2.14. The molecular weight excluding hydrogens is 453 g/mol. The van der Waals surface area contributed by atoms with Gasteiger partial charge in [0.15, 0.2) is 6.21 Å². The van der Waals surface area contributed by atoms with Crippen molar-refractivity contribution in [1.82, 2.24) is 9.97 Å². The van der Waals surface area contributed by atoms with E-state index in [1.807, 2.05) is 0 Å². The number of hydrogen-bond donors (Lipinski definition) is 4. The molecule has 0 aliphatic carbocycles. The maximum absolute atomic E-state index is 11.3. The first kappa shape index (κ1) is 15.4. The normalized spacial score (nSPS) is 10.1. The van der Waals surface area contributed by atoms with Gasteiger partial charge < -0.3 is 10.1 Å². The number of para-hydroxylation sites is 1. The van der Waals surface area contributed by atoms with Crippen LogP contribution < -0.4 is 16.2 Å². The Labute approximate surface area is 123 Å². The van der Waals surface area contributed by atoms with E-state index in [1.54, 1.807) is 37.0 Å². The van der Waals surface area contributed by atoms with Crippen molar-refractivity contribution in [2.24, 2.45) is 0 Å². The van der Waals surface area contributed by atoms with Gasteiger partial charge in [0.25, 0.3) is 5.69 Å². The zero-order valence-electron chi connectivity index (χ0n) is 9.42. The monoisotopic (exact) mass is 462 g/mol. The van der Waals surface area contributed by atoms with E-state index >= 15 is 0 Å². The average molecular weight is 463 g/mol. The molecule has 0 aliphatic heterocycles. The Morgan fingerprint density at radius 3 is 2.58 bits per heavy atom. The first-order chi connectivity index (χ1) is 9.16. The Morgan fingerprint density at radius 2 is 1.95 bits per heavy atom. The number of phenols is 1. The fourth-order valence-electron chi connectivity index (χ4n) is 1.28. The Hall–Kier alpha value is -1.65. The molecule has 0 saturated carbocycles. The Morgan fingerprint density at radius 1 is 1.26 bits per heavy atom. The van der Waals surface area contributed by atoms with Crippen molar-refractivity contribution < 1.29 is 28.9 Å². The van der Waals surface area contributed by atoms with Crippen molar-refractivity contribution in [1.29, 1.82) is 0 Å². The van der Waals surface area contributed by atoms with E-state index in [1.165, 1.54) is 18.5 Å². The number of halogens is 1. The van der Waals surface area contributed by atoms with E-state index in [4.69, 9.17) is 0 Å². The summed E-state index contributed by atoms with van der Waals surface area (Å²) in [5.74, 6) is 0.0980. The number of benzene rings is 1. The summed E-state index contributed by atoms with van der Waals surface area (Å²) in [4.78, 5) is 29.2. The van der Waals surface area contributed by atoms with Gasteiger partial charge in [0.2, 0.25) is 0 Å². The summed E-state index contributed by atoms with van der Waals surface area (Å²) < 4.78 is 0. The van der Waals surface area contributed by atoms with Gasteiger partial charge in [-0.15, -0.1) is 0 Å². The fourth-order valence-corrected chi connectivity index (χ4v) is 1.28. The molecular formula is C11H10ClN3O3Pt+. The van der Waals surface area contributed by atoms with E-state index in [0.29, 0.717) is 5.56 Å². The number of nitrogens with one attached hydrogen (secondary N) is 3. The SMILES string of the molecule is O=c1[nH]cc([NH+]=Cc2ccccc2O)c(=O)[nH]1.[Cl][Pt]. The number of aromatic nitrogens is 2. The summed E-state index contributed by atoms with van der Waals surface area (Å²) in [6.07, 6.45) is 2.73. The van der Waals surface area contributed by atoms with Crippen LogP contribution in [0, 0.1) is 0 Å². The first-order valence-electron chi connectivity index (χ1n) is 4.98. The second kappa shape index (κ2) is 7.71. The summed E-state index contributed by atoms with van der Waals surface area (Å²) in [6, 6.07) is 6.66. The molecule has 1 aromatic heterocycles. The zero-order chi connectivity index (χ0) is 14.3. The van der Waals surface area contributed by atoms with E-state index in [2.05, 4.69) is 24.4 Å². The van der Waals surface area contributed by atoms with E-state index in [9.17, 15) is 14.7 Å². The summed E-state index contributed by atoms with van der Waals surface area (Å²) in [6.45, 7) is 0. The molecule has 2 rings (SSSR count). The molecule has 1 heterocycles. The van der Waals surface area contributed by atoms with Crippen LogP contribution in [-0.4, -0.2) is 21.3 Å². The van der Waals surface area contributed by atoms with E-state index in [0.717, 1.165) is 0 Å². The van der Waals surface area contributed by atoms with Gasteiger partial charge in [-0.25, -0.2) is 9.79 Å². The maximum atomic E-state index is 11.3. The van der Waals surface area contributed by atoms with Crippen LogP contribution in [0.4, 0.5) is 5.69 Å². The van der Waals surface area contributed by atoms with Crippen LogP contribution in [0.15, 0.2) is 40.1 Å². The predicted molar refractivity (Wildman–Crippen MR) is 67.4 cm³/mol. The summed E-state index contributed by atoms with van der Waals surface area (Å²) in [7, 11) is 4.61. The van der Waals surface area contributed by atoms with Gasteiger partial charge in [0.1, 0.15) is 5.75 Å². The minimum atomic E-state index is -0.567. The molecule has 0 unspecified atom stereocenters. The predicted octanol–water partition coefficient (Wildman–Crippen LogP) is -0.713. The summed E-state index contributed by atoms with van der Waals surface area (Å²) in [5, 5.41) is 9.49. The molecule has 1 aromatic carbocycles. The third kappa shape index (κ3) is 4.50. The average Bonchev–Trinajstić information content (AvgIpc) is 2.42. The van der Waals surface area contributed by atoms with E-state index in [-0.39, 0.29) is 11.4 Å². The van der Waals surface area contributed by atoms with E-state index < -0.39 is 11.2 Å². The van der Waals surface area contributed by atoms with Crippen molar-refractivity contribution >= 4 is 21.3 Å². The van der Waals surface area contributed by atoms with Crippen molar-refractivity contribution in [3.8, 4) is 5.75 Å². The number of aromatic hydroxyl groups is 1. The third-order valence-electron chi connectivity index (χ3n) is 2.14. The Bertz CT molecular complexity index is 681. The van der Waals surface area contributed by atoms with Gasteiger partial charge in [-0.05, 0) is 12.1 Å². The topological polar surface area (TPSA) is 99.9 Å². The zero-order valence-corrected chi connectivity index (χ0v) is 12.5. The van der Waals surface area contributed by atoms with Crippen LogP contribution in [0.1, 0.15) is 5.56 Å². The first-order valence-corrected chi connectivity index (χ1v) is 7.80. The Kier molecular flexibility index (Phi) is 6.25. The Balaban J connectivity index is 0.000000861. The molecule has 6 nitrogen and oxygen atoms in total. The number of H-pyrrole nitrogens is 2. The molecule has 8 heteroatoms.